The average Bonchev–Trinajstić information content (AvgIpc) is 3.09. The Balaban J connectivity index is 0.00000325. The first-order chi connectivity index (χ1) is 21.7. The van der Waals surface area contributed by atoms with Gasteiger partial charge in [-0.05, 0) is 63.2 Å². The summed E-state index contributed by atoms with van der Waals surface area (Å²) in [6, 6.07) is 42.3. The second-order valence-corrected chi connectivity index (χ2v) is 13.2. The van der Waals surface area contributed by atoms with E-state index in [0.717, 1.165) is 28.4 Å². The van der Waals surface area contributed by atoms with Crippen LogP contribution in [0.2, 0.25) is 0 Å². The molecule has 3 saturated heterocycles. The van der Waals surface area contributed by atoms with E-state index in [1.165, 1.54) is 76.0 Å². The van der Waals surface area contributed by atoms with Gasteiger partial charge in [0.1, 0.15) is 18.7 Å². The van der Waals surface area contributed by atoms with E-state index in [-0.39, 0.29) is 23.1 Å². The van der Waals surface area contributed by atoms with Gasteiger partial charge in [0, 0.05) is 35.9 Å². The monoisotopic (exact) mass is 656 g/mol. The number of fused-ring (bicyclic) bond motifs is 6. The Bertz CT molecular complexity index is 1880. The van der Waals surface area contributed by atoms with Crippen LogP contribution < -0.4 is 17.0 Å². The highest BCUT2D eigenvalue weighted by molar-refractivity contribution is 6.02. The number of para-hydroxylation sites is 1. The molecule has 0 radical (unpaired) electrons. The predicted octanol–water partition coefficient (Wildman–Crippen LogP) is 6.64. The van der Waals surface area contributed by atoms with Gasteiger partial charge < -0.3 is 26.2 Å². The van der Waals surface area contributed by atoms with Crippen molar-refractivity contribution in [2.75, 3.05) is 13.1 Å². The first-order valence-electron chi connectivity index (χ1n) is 16.5. The molecule has 9 rings (SSSR count). The van der Waals surface area contributed by atoms with Crippen LogP contribution in [-0.4, -0.2) is 28.6 Å². The SMILES string of the molecule is CCC1C[N+]2(Cc3c4ccccc4cc4ccccc34)CCC1CC2[C@H](OCc1ccccc1)c1ccnc2ccccc12.[Br-]. The van der Waals surface area contributed by atoms with Crippen LogP contribution in [0.3, 0.4) is 0 Å². The van der Waals surface area contributed by atoms with E-state index < -0.39 is 0 Å². The lowest BCUT2D eigenvalue weighted by Gasteiger charge is -2.59. The second kappa shape index (κ2) is 12.7. The summed E-state index contributed by atoms with van der Waals surface area (Å²) in [5.74, 6) is 1.51. The van der Waals surface area contributed by atoms with E-state index in [4.69, 9.17) is 9.72 Å². The number of ether oxygens (including phenoxy) is 1. The van der Waals surface area contributed by atoms with Crippen LogP contribution in [-0.2, 0) is 17.9 Å². The molecule has 3 aliphatic heterocycles. The molecule has 6 aromatic rings. The molecule has 3 fully saturated rings. The molecule has 5 atom stereocenters. The second-order valence-electron chi connectivity index (χ2n) is 13.2. The minimum Gasteiger partial charge on any atom is -1.00 e. The van der Waals surface area contributed by atoms with Crippen molar-refractivity contribution < 1.29 is 26.2 Å². The predicted molar refractivity (Wildman–Crippen MR) is 181 cm³/mol. The Morgan fingerprint density at radius 1 is 0.800 bits per heavy atom. The summed E-state index contributed by atoms with van der Waals surface area (Å²) >= 11 is 0. The van der Waals surface area contributed by atoms with E-state index in [1.807, 2.05) is 6.20 Å². The smallest absolute Gasteiger partial charge is 0.135 e. The fraction of sp³-hybridized carbons (Fsp3) is 0.293. The van der Waals surface area contributed by atoms with Crippen LogP contribution in [0.25, 0.3) is 32.4 Å². The van der Waals surface area contributed by atoms with Crippen molar-refractivity contribution >= 4 is 32.4 Å². The van der Waals surface area contributed by atoms with E-state index in [2.05, 4.69) is 122 Å². The minimum atomic E-state index is -0.0232. The summed E-state index contributed by atoms with van der Waals surface area (Å²) in [6.07, 6.45) is 5.73. The fourth-order valence-electron chi connectivity index (χ4n) is 8.77. The highest BCUT2D eigenvalue weighted by Gasteiger charge is 2.55. The van der Waals surface area contributed by atoms with Gasteiger partial charge in [-0.1, -0.05) is 104 Å². The van der Waals surface area contributed by atoms with Gasteiger partial charge in [0.15, 0.2) is 0 Å². The molecule has 0 saturated carbocycles. The van der Waals surface area contributed by atoms with E-state index in [0.29, 0.717) is 12.6 Å². The summed E-state index contributed by atoms with van der Waals surface area (Å²) in [5, 5.41) is 6.69. The third-order valence-electron chi connectivity index (χ3n) is 10.9. The molecule has 0 N–H and O–H groups in total. The Hall–Kier alpha value is -3.57. The van der Waals surface area contributed by atoms with Crippen molar-refractivity contribution in [1.82, 2.24) is 4.98 Å². The number of aromatic nitrogens is 1. The topological polar surface area (TPSA) is 22.1 Å². The lowest BCUT2D eigenvalue weighted by atomic mass is 9.70. The third-order valence-corrected chi connectivity index (χ3v) is 10.9. The van der Waals surface area contributed by atoms with Gasteiger partial charge in [-0.15, -0.1) is 0 Å². The highest BCUT2D eigenvalue weighted by Crippen LogP contribution is 2.50. The molecule has 3 aliphatic rings. The molecule has 45 heavy (non-hydrogen) atoms. The quantitative estimate of drug-likeness (QED) is 0.135. The van der Waals surface area contributed by atoms with Gasteiger partial charge in [0.05, 0.1) is 25.2 Å². The molecule has 0 aliphatic carbocycles. The van der Waals surface area contributed by atoms with Crippen LogP contribution in [0.4, 0.5) is 0 Å². The van der Waals surface area contributed by atoms with Gasteiger partial charge in [-0.3, -0.25) is 4.98 Å². The highest BCUT2D eigenvalue weighted by atomic mass is 79.9. The Labute approximate surface area is 277 Å². The number of pyridine rings is 1. The average molecular weight is 658 g/mol. The molecule has 5 aromatic carbocycles. The van der Waals surface area contributed by atoms with Crippen LogP contribution >= 0.6 is 0 Å². The molecular weight excluding hydrogens is 616 g/mol. The molecular formula is C41H41BrN2O. The number of hydrogen-bond donors (Lipinski definition) is 0. The number of piperidine rings is 3. The molecule has 3 nitrogen and oxygen atoms in total. The van der Waals surface area contributed by atoms with Gasteiger partial charge in [-0.2, -0.15) is 0 Å². The molecule has 4 heteroatoms. The van der Waals surface area contributed by atoms with Crippen molar-refractivity contribution in [1.29, 1.82) is 0 Å². The number of quaternary nitrogens is 1. The fourth-order valence-corrected chi connectivity index (χ4v) is 8.77. The summed E-state index contributed by atoms with van der Waals surface area (Å²) in [4.78, 5) is 4.75. The lowest BCUT2D eigenvalue weighted by Crippen LogP contribution is -3.00. The van der Waals surface area contributed by atoms with Crippen molar-refractivity contribution in [2.45, 2.75) is 51.5 Å². The van der Waals surface area contributed by atoms with Crippen molar-refractivity contribution in [3.05, 3.63) is 138 Å². The Kier molecular flexibility index (Phi) is 8.48. The van der Waals surface area contributed by atoms with Gasteiger partial charge >= 0.3 is 0 Å². The maximum atomic E-state index is 7.18. The number of halogens is 1. The molecule has 4 unspecified atom stereocenters. The molecule has 1 aromatic heterocycles. The van der Waals surface area contributed by atoms with Crippen molar-refractivity contribution in [3.63, 3.8) is 0 Å². The first-order valence-corrected chi connectivity index (χ1v) is 16.5. The zero-order valence-electron chi connectivity index (χ0n) is 26.0. The number of hydrogen-bond acceptors (Lipinski definition) is 2. The number of rotatable bonds is 8. The normalized spacial score (nSPS) is 23.3. The van der Waals surface area contributed by atoms with Crippen LogP contribution in [0.15, 0.2) is 121 Å². The van der Waals surface area contributed by atoms with Crippen LogP contribution in [0.1, 0.15) is 49.0 Å². The first kappa shape index (κ1) is 30.1. The van der Waals surface area contributed by atoms with Gasteiger partial charge in [-0.25, -0.2) is 0 Å². The van der Waals surface area contributed by atoms with E-state index >= 15 is 0 Å². The number of nitrogens with zero attached hydrogens (tertiary/aromatic N) is 2. The maximum Gasteiger partial charge on any atom is 0.135 e. The Morgan fingerprint density at radius 3 is 2.20 bits per heavy atom. The summed E-state index contributed by atoms with van der Waals surface area (Å²) < 4.78 is 8.26. The summed E-state index contributed by atoms with van der Waals surface area (Å²) in [5.41, 5.74) is 5.06. The lowest BCUT2D eigenvalue weighted by molar-refractivity contribution is -0.985. The maximum absolute atomic E-state index is 7.18. The largest absolute Gasteiger partial charge is 1.00 e. The molecule has 2 bridgehead atoms. The minimum absolute atomic E-state index is 0. The summed E-state index contributed by atoms with van der Waals surface area (Å²) in [6.45, 7) is 6.47. The van der Waals surface area contributed by atoms with E-state index in [9.17, 15) is 0 Å². The zero-order valence-corrected chi connectivity index (χ0v) is 27.6. The molecule has 4 heterocycles. The zero-order chi connectivity index (χ0) is 29.5. The van der Waals surface area contributed by atoms with Crippen LogP contribution in [0.5, 0.6) is 0 Å². The van der Waals surface area contributed by atoms with E-state index in [1.54, 1.807) is 0 Å². The third kappa shape index (κ3) is 5.48. The Morgan fingerprint density at radius 2 is 1.47 bits per heavy atom. The summed E-state index contributed by atoms with van der Waals surface area (Å²) in [7, 11) is 0. The van der Waals surface area contributed by atoms with Gasteiger partial charge in [0.2, 0.25) is 0 Å². The van der Waals surface area contributed by atoms with Crippen LogP contribution in [0, 0.1) is 11.8 Å². The molecule has 0 spiro atoms. The van der Waals surface area contributed by atoms with Crippen molar-refractivity contribution in [2.24, 2.45) is 11.8 Å². The molecule has 228 valence electrons. The standard InChI is InChI=1S/C41H41N2O.BrH/c1-2-30-26-43(27-38-34-16-8-6-14-32(34)24-33-15-7-9-17-35(33)38)23-21-31(30)25-40(43)41(44-28-29-12-4-3-5-13-29)37-20-22-42-39-19-11-10-18-36(37)39;/h3-20,22,24,30-31,40-41H,2,21,23,25-28H2,1H3;1H/q+1;/p-1/t30?,31?,40?,41-,43?;/m1./s1. The van der Waals surface area contributed by atoms with Gasteiger partial charge in [0.25, 0.3) is 0 Å². The van der Waals surface area contributed by atoms with Crippen molar-refractivity contribution in [3.8, 4) is 0 Å². The molecule has 0 amide bonds. The number of benzene rings is 5.